The average molecular weight is 260 g/mol. The molecule has 1 aromatic heterocycles. The summed E-state index contributed by atoms with van der Waals surface area (Å²) >= 11 is 1.51. The third-order valence-electron chi connectivity index (χ3n) is 2.86. The molecule has 2 aromatic rings. The maximum atomic E-state index is 12.3. The molecule has 0 fully saturated rings. The smallest absolute Gasteiger partial charge is 0.273 e. The van der Waals surface area contributed by atoms with E-state index in [0.717, 1.165) is 10.4 Å². The second-order valence-corrected chi connectivity index (χ2v) is 4.73. The molecule has 0 bridgehead atoms. The van der Waals surface area contributed by atoms with E-state index in [2.05, 4.69) is 4.98 Å². The molecule has 0 spiro atoms. The monoisotopic (exact) mass is 260 g/mol. The van der Waals surface area contributed by atoms with Crippen LogP contribution in [0.4, 0.5) is 0 Å². The van der Waals surface area contributed by atoms with Crippen molar-refractivity contribution in [1.29, 1.82) is 0 Å². The highest BCUT2D eigenvalue weighted by atomic mass is 32.1. The minimum Gasteiger partial charge on any atom is -0.338 e. The van der Waals surface area contributed by atoms with Crippen LogP contribution in [0.3, 0.4) is 0 Å². The minimum absolute atomic E-state index is 0.0140. The normalized spacial score (nSPS) is 10.3. The Morgan fingerprint density at radius 3 is 2.50 bits per heavy atom. The summed E-state index contributed by atoms with van der Waals surface area (Å²) in [5.74, 6) is 0.0140. The summed E-state index contributed by atoms with van der Waals surface area (Å²) in [5.41, 5.74) is 3.35. The molecule has 94 valence electrons. The first-order valence-electron chi connectivity index (χ1n) is 6.06. The number of aromatic nitrogens is 1. The van der Waals surface area contributed by atoms with Crippen molar-refractivity contribution in [3.05, 3.63) is 41.5 Å². The third-order valence-corrected chi connectivity index (χ3v) is 3.73. The van der Waals surface area contributed by atoms with Crippen molar-refractivity contribution in [3.8, 4) is 10.4 Å². The fraction of sp³-hybridized carbons (Fsp3) is 0.286. The number of thiazole rings is 1. The molecular formula is C14H16N2OS. The number of hydrogen-bond donors (Lipinski definition) is 0. The van der Waals surface area contributed by atoms with Gasteiger partial charge in [0.15, 0.2) is 0 Å². The van der Waals surface area contributed by atoms with Crippen LogP contribution in [0.1, 0.15) is 24.3 Å². The first-order chi connectivity index (χ1) is 8.77. The fourth-order valence-corrected chi connectivity index (χ4v) is 2.64. The van der Waals surface area contributed by atoms with Crippen LogP contribution in [-0.2, 0) is 0 Å². The van der Waals surface area contributed by atoms with Gasteiger partial charge in [-0.1, -0.05) is 30.3 Å². The van der Waals surface area contributed by atoms with Crippen molar-refractivity contribution in [2.24, 2.45) is 0 Å². The molecule has 2 rings (SSSR count). The van der Waals surface area contributed by atoms with Gasteiger partial charge in [0.25, 0.3) is 5.91 Å². The van der Waals surface area contributed by atoms with Gasteiger partial charge in [-0.25, -0.2) is 4.98 Å². The third kappa shape index (κ3) is 2.43. The van der Waals surface area contributed by atoms with Crippen molar-refractivity contribution < 1.29 is 4.79 Å². The lowest BCUT2D eigenvalue weighted by molar-refractivity contribution is 0.0768. The summed E-state index contributed by atoms with van der Waals surface area (Å²) < 4.78 is 0. The number of carbonyl (C=O) groups is 1. The number of benzene rings is 1. The van der Waals surface area contributed by atoms with E-state index in [1.165, 1.54) is 11.3 Å². The second kappa shape index (κ2) is 5.78. The molecule has 0 unspecified atom stereocenters. The average Bonchev–Trinajstić information content (AvgIpc) is 2.90. The molecule has 0 aliphatic rings. The van der Waals surface area contributed by atoms with Crippen molar-refractivity contribution in [3.63, 3.8) is 0 Å². The molecule has 0 saturated carbocycles. The van der Waals surface area contributed by atoms with Gasteiger partial charge in [0.1, 0.15) is 5.69 Å². The van der Waals surface area contributed by atoms with Gasteiger partial charge in [0.2, 0.25) is 0 Å². The predicted molar refractivity (Wildman–Crippen MR) is 74.8 cm³/mol. The van der Waals surface area contributed by atoms with Crippen LogP contribution in [0.2, 0.25) is 0 Å². The second-order valence-electron chi connectivity index (χ2n) is 3.87. The van der Waals surface area contributed by atoms with E-state index in [0.29, 0.717) is 18.8 Å². The Kier molecular flexibility index (Phi) is 4.10. The van der Waals surface area contributed by atoms with Crippen molar-refractivity contribution in [2.75, 3.05) is 13.1 Å². The standard InChI is InChI=1S/C14H16N2OS/c1-3-16(4-2)14(17)12-13(18-10-15-12)11-8-6-5-7-9-11/h5-10H,3-4H2,1-2H3. The summed E-state index contributed by atoms with van der Waals surface area (Å²) in [6.45, 7) is 5.38. The van der Waals surface area contributed by atoms with Crippen LogP contribution in [0.15, 0.2) is 35.8 Å². The maximum absolute atomic E-state index is 12.3. The van der Waals surface area contributed by atoms with E-state index < -0.39 is 0 Å². The molecule has 0 atom stereocenters. The molecule has 0 aliphatic carbocycles. The topological polar surface area (TPSA) is 33.2 Å². The molecule has 0 radical (unpaired) electrons. The zero-order valence-electron chi connectivity index (χ0n) is 10.6. The summed E-state index contributed by atoms with van der Waals surface area (Å²) in [4.78, 5) is 19.3. The van der Waals surface area contributed by atoms with Gasteiger partial charge in [-0.3, -0.25) is 4.79 Å². The van der Waals surface area contributed by atoms with Crippen LogP contribution in [0.25, 0.3) is 10.4 Å². The molecule has 3 nitrogen and oxygen atoms in total. The Morgan fingerprint density at radius 1 is 1.22 bits per heavy atom. The van der Waals surface area contributed by atoms with Gasteiger partial charge >= 0.3 is 0 Å². The van der Waals surface area contributed by atoms with Gasteiger partial charge in [-0.15, -0.1) is 11.3 Å². The fourth-order valence-electron chi connectivity index (χ4n) is 1.85. The maximum Gasteiger partial charge on any atom is 0.273 e. The lowest BCUT2D eigenvalue weighted by Gasteiger charge is -2.17. The van der Waals surface area contributed by atoms with E-state index in [4.69, 9.17) is 0 Å². The molecule has 1 aromatic carbocycles. The zero-order chi connectivity index (χ0) is 13.0. The first-order valence-corrected chi connectivity index (χ1v) is 6.94. The quantitative estimate of drug-likeness (QED) is 0.845. The van der Waals surface area contributed by atoms with E-state index in [1.54, 1.807) is 10.4 Å². The van der Waals surface area contributed by atoms with Gasteiger partial charge in [-0.05, 0) is 19.4 Å². The summed E-state index contributed by atoms with van der Waals surface area (Å²) in [6.07, 6.45) is 0. The Hall–Kier alpha value is -1.68. The molecule has 0 saturated heterocycles. The van der Waals surface area contributed by atoms with Gasteiger partial charge in [0.05, 0.1) is 10.4 Å². The Bertz CT molecular complexity index is 518. The Balaban J connectivity index is 2.37. The molecule has 0 N–H and O–H groups in total. The first kappa shape index (κ1) is 12.8. The molecule has 1 amide bonds. The van der Waals surface area contributed by atoms with Crippen LogP contribution in [0, 0.1) is 0 Å². The lowest BCUT2D eigenvalue weighted by atomic mass is 10.1. The molecule has 4 heteroatoms. The molecular weight excluding hydrogens is 244 g/mol. The van der Waals surface area contributed by atoms with Gasteiger partial charge in [0, 0.05) is 13.1 Å². The minimum atomic E-state index is 0.0140. The lowest BCUT2D eigenvalue weighted by Crippen LogP contribution is -2.31. The molecule has 1 heterocycles. The van der Waals surface area contributed by atoms with E-state index in [1.807, 2.05) is 44.2 Å². The Labute approximate surface area is 111 Å². The van der Waals surface area contributed by atoms with Crippen LogP contribution in [0.5, 0.6) is 0 Å². The van der Waals surface area contributed by atoms with Gasteiger partial charge < -0.3 is 4.90 Å². The van der Waals surface area contributed by atoms with E-state index in [-0.39, 0.29) is 5.91 Å². The van der Waals surface area contributed by atoms with Crippen molar-refractivity contribution >= 4 is 17.2 Å². The Morgan fingerprint density at radius 2 is 1.89 bits per heavy atom. The highest BCUT2D eigenvalue weighted by molar-refractivity contribution is 7.13. The zero-order valence-corrected chi connectivity index (χ0v) is 11.4. The number of carbonyl (C=O) groups excluding carboxylic acids is 1. The largest absolute Gasteiger partial charge is 0.338 e. The summed E-state index contributed by atoms with van der Waals surface area (Å²) in [7, 11) is 0. The molecule has 18 heavy (non-hydrogen) atoms. The molecule has 0 aliphatic heterocycles. The number of hydrogen-bond acceptors (Lipinski definition) is 3. The number of nitrogens with zero attached hydrogens (tertiary/aromatic N) is 2. The highest BCUT2D eigenvalue weighted by Gasteiger charge is 2.20. The van der Waals surface area contributed by atoms with Gasteiger partial charge in [-0.2, -0.15) is 0 Å². The van der Waals surface area contributed by atoms with Crippen molar-refractivity contribution in [1.82, 2.24) is 9.88 Å². The van der Waals surface area contributed by atoms with Crippen LogP contribution in [-0.4, -0.2) is 28.9 Å². The van der Waals surface area contributed by atoms with Crippen LogP contribution >= 0.6 is 11.3 Å². The summed E-state index contributed by atoms with van der Waals surface area (Å²) in [6, 6.07) is 9.93. The summed E-state index contributed by atoms with van der Waals surface area (Å²) in [5, 5.41) is 0. The number of amides is 1. The van der Waals surface area contributed by atoms with Crippen molar-refractivity contribution in [2.45, 2.75) is 13.8 Å². The highest BCUT2D eigenvalue weighted by Crippen LogP contribution is 2.28. The van der Waals surface area contributed by atoms with E-state index in [9.17, 15) is 4.79 Å². The predicted octanol–water partition coefficient (Wildman–Crippen LogP) is 3.29. The number of rotatable bonds is 4. The van der Waals surface area contributed by atoms with Crippen LogP contribution < -0.4 is 0 Å². The SMILES string of the molecule is CCN(CC)C(=O)c1ncsc1-c1ccccc1. The van der Waals surface area contributed by atoms with E-state index >= 15 is 0 Å².